The summed E-state index contributed by atoms with van der Waals surface area (Å²) in [6.45, 7) is 1.52. The van der Waals surface area contributed by atoms with E-state index in [1.54, 1.807) is 0 Å². The quantitative estimate of drug-likeness (QED) is 0.843. The van der Waals surface area contributed by atoms with Crippen LogP contribution in [-0.2, 0) is 16.1 Å². The van der Waals surface area contributed by atoms with Crippen molar-refractivity contribution in [1.29, 1.82) is 0 Å². The molecule has 6 heteroatoms. The molecule has 0 bridgehead atoms. The van der Waals surface area contributed by atoms with Gasteiger partial charge in [0.1, 0.15) is 5.54 Å². The molecule has 2 saturated heterocycles. The van der Waals surface area contributed by atoms with Gasteiger partial charge in [-0.25, -0.2) is 4.79 Å². The first-order valence-corrected chi connectivity index (χ1v) is 9.53. The van der Waals surface area contributed by atoms with Crippen molar-refractivity contribution in [3.63, 3.8) is 0 Å². The molecule has 1 N–H and O–H groups in total. The maximum atomic E-state index is 12.9. The van der Waals surface area contributed by atoms with Gasteiger partial charge in [-0.3, -0.25) is 14.5 Å². The standard InChI is InChI=1S/C20H25N3O3/c24-17-11-16(13-22(17)12-15-7-3-1-4-8-15)14-23-18(25)20(21-19(23)26)9-5-2-6-10-20/h1,3-4,7-8,16H,2,5-6,9-14H2,(H,21,26). The van der Waals surface area contributed by atoms with Crippen molar-refractivity contribution in [1.82, 2.24) is 15.1 Å². The van der Waals surface area contributed by atoms with Crippen molar-refractivity contribution >= 4 is 17.8 Å². The zero-order valence-corrected chi connectivity index (χ0v) is 14.9. The molecule has 2 aliphatic heterocycles. The van der Waals surface area contributed by atoms with Gasteiger partial charge in [0.25, 0.3) is 5.91 Å². The molecule has 1 aromatic rings. The molecule has 3 fully saturated rings. The van der Waals surface area contributed by atoms with Crippen molar-refractivity contribution < 1.29 is 14.4 Å². The predicted molar refractivity (Wildman–Crippen MR) is 96.0 cm³/mol. The number of hydrogen-bond donors (Lipinski definition) is 1. The van der Waals surface area contributed by atoms with Gasteiger partial charge >= 0.3 is 6.03 Å². The lowest BCUT2D eigenvalue weighted by atomic mass is 9.81. The number of nitrogens with one attached hydrogen (secondary N) is 1. The van der Waals surface area contributed by atoms with Crippen LogP contribution in [-0.4, -0.2) is 46.3 Å². The van der Waals surface area contributed by atoms with Crippen molar-refractivity contribution in [3.8, 4) is 0 Å². The van der Waals surface area contributed by atoms with Gasteiger partial charge in [-0.2, -0.15) is 0 Å². The molecule has 26 heavy (non-hydrogen) atoms. The van der Waals surface area contributed by atoms with Gasteiger partial charge < -0.3 is 10.2 Å². The molecule has 1 spiro atoms. The Morgan fingerprint density at radius 3 is 2.50 bits per heavy atom. The van der Waals surface area contributed by atoms with Crippen molar-refractivity contribution in [2.24, 2.45) is 5.92 Å². The van der Waals surface area contributed by atoms with E-state index in [-0.39, 0.29) is 23.8 Å². The third-order valence-corrected chi connectivity index (χ3v) is 5.90. The van der Waals surface area contributed by atoms with E-state index in [1.807, 2.05) is 35.2 Å². The van der Waals surface area contributed by atoms with Crippen LogP contribution < -0.4 is 5.32 Å². The topological polar surface area (TPSA) is 69.7 Å². The molecule has 2 heterocycles. The molecule has 1 aliphatic carbocycles. The zero-order valence-electron chi connectivity index (χ0n) is 14.9. The van der Waals surface area contributed by atoms with E-state index in [9.17, 15) is 14.4 Å². The van der Waals surface area contributed by atoms with Crippen LogP contribution in [0, 0.1) is 5.92 Å². The highest BCUT2D eigenvalue weighted by atomic mass is 16.2. The number of rotatable bonds is 4. The molecule has 3 aliphatic rings. The average molecular weight is 355 g/mol. The van der Waals surface area contributed by atoms with Crippen LogP contribution >= 0.6 is 0 Å². The third-order valence-electron chi connectivity index (χ3n) is 5.90. The summed E-state index contributed by atoms with van der Waals surface area (Å²) in [4.78, 5) is 40.8. The van der Waals surface area contributed by atoms with Gasteiger partial charge in [-0.15, -0.1) is 0 Å². The maximum absolute atomic E-state index is 12.9. The van der Waals surface area contributed by atoms with Crippen LogP contribution in [0.3, 0.4) is 0 Å². The van der Waals surface area contributed by atoms with Gasteiger partial charge in [-0.1, -0.05) is 49.6 Å². The van der Waals surface area contributed by atoms with E-state index >= 15 is 0 Å². The Kier molecular flexibility index (Phi) is 4.42. The number of amides is 4. The van der Waals surface area contributed by atoms with Gasteiger partial charge in [0.2, 0.25) is 5.91 Å². The van der Waals surface area contributed by atoms with Gasteiger partial charge in [0.05, 0.1) is 0 Å². The van der Waals surface area contributed by atoms with Crippen LogP contribution in [0.1, 0.15) is 44.1 Å². The minimum atomic E-state index is -0.679. The molecular formula is C20H25N3O3. The number of hydrogen-bond acceptors (Lipinski definition) is 3. The van der Waals surface area contributed by atoms with E-state index in [0.717, 1.165) is 37.7 Å². The van der Waals surface area contributed by atoms with E-state index < -0.39 is 5.54 Å². The number of imide groups is 1. The van der Waals surface area contributed by atoms with E-state index in [2.05, 4.69) is 5.32 Å². The lowest BCUT2D eigenvalue weighted by Crippen LogP contribution is -2.48. The third kappa shape index (κ3) is 3.08. The number of likely N-dealkylation sites (tertiary alicyclic amines) is 1. The van der Waals surface area contributed by atoms with Gasteiger partial charge in [0, 0.05) is 32.0 Å². The van der Waals surface area contributed by atoms with Gasteiger partial charge in [0.15, 0.2) is 0 Å². The molecule has 4 amide bonds. The van der Waals surface area contributed by atoms with Crippen molar-refractivity contribution in [3.05, 3.63) is 35.9 Å². The number of nitrogens with zero attached hydrogens (tertiary/aromatic N) is 2. The number of carbonyl (C=O) groups is 3. The second-order valence-corrected chi connectivity index (χ2v) is 7.82. The van der Waals surface area contributed by atoms with Crippen LogP contribution in [0.2, 0.25) is 0 Å². The second-order valence-electron chi connectivity index (χ2n) is 7.82. The summed E-state index contributed by atoms with van der Waals surface area (Å²) >= 11 is 0. The van der Waals surface area contributed by atoms with Crippen molar-refractivity contribution in [2.45, 2.75) is 50.6 Å². The second kappa shape index (κ2) is 6.74. The SMILES string of the molecule is O=C1CC(CN2C(=O)NC3(CCCCC3)C2=O)CN1Cc1ccccc1. The molecule has 0 aromatic heterocycles. The fourth-order valence-corrected chi connectivity index (χ4v) is 4.53. The predicted octanol–water partition coefficient (Wildman–Crippen LogP) is 2.29. The Morgan fingerprint density at radius 1 is 1.04 bits per heavy atom. The summed E-state index contributed by atoms with van der Waals surface area (Å²) in [6.07, 6.45) is 4.95. The first kappa shape index (κ1) is 17.1. The van der Waals surface area contributed by atoms with Crippen LogP contribution in [0.15, 0.2) is 30.3 Å². The monoisotopic (exact) mass is 355 g/mol. The van der Waals surface area contributed by atoms with E-state index in [4.69, 9.17) is 0 Å². The summed E-state index contributed by atoms with van der Waals surface area (Å²) in [5.74, 6) is 0.0223. The normalized spacial score (nSPS) is 25.2. The lowest BCUT2D eigenvalue weighted by molar-refractivity contribution is -0.133. The Bertz CT molecular complexity index is 712. The highest BCUT2D eigenvalue weighted by Gasteiger charge is 2.51. The van der Waals surface area contributed by atoms with E-state index in [0.29, 0.717) is 26.1 Å². The molecule has 138 valence electrons. The summed E-state index contributed by atoms with van der Waals surface area (Å²) in [7, 11) is 0. The zero-order chi connectivity index (χ0) is 18.1. The van der Waals surface area contributed by atoms with Crippen LogP contribution in [0.4, 0.5) is 4.79 Å². The molecule has 1 unspecified atom stereocenters. The smallest absolute Gasteiger partial charge is 0.325 e. The Hall–Kier alpha value is -2.37. The fraction of sp³-hybridized carbons (Fsp3) is 0.550. The largest absolute Gasteiger partial charge is 0.338 e. The summed E-state index contributed by atoms with van der Waals surface area (Å²) < 4.78 is 0. The molecule has 0 radical (unpaired) electrons. The van der Waals surface area contributed by atoms with Crippen LogP contribution in [0.5, 0.6) is 0 Å². The highest BCUT2D eigenvalue weighted by Crippen LogP contribution is 2.34. The Balaban J connectivity index is 1.39. The average Bonchev–Trinajstić information content (AvgIpc) is 3.09. The van der Waals surface area contributed by atoms with Gasteiger partial charge in [-0.05, 0) is 18.4 Å². The molecule has 1 aromatic carbocycles. The van der Waals surface area contributed by atoms with Crippen molar-refractivity contribution in [2.75, 3.05) is 13.1 Å². The maximum Gasteiger partial charge on any atom is 0.325 e. The first-order valence-electron chi connectivity index (χ1n) is 9.53. The summed E-state index contributed by atoms with van der Waals surface area (Å²) in [6, 6.07) is 9.60. The number of benzene rings is 1. The molecule has 6 nitrogen and oxygen atoms in total. The minimum absolute atomic E-state index is 0.0136. The summed E-state index contributed by atoms with van der Waals surface area (Å²) in [5.41, 5.74) is 0.416. The Morgan fingerprint density at radius 2 is 1.77 bits per heavy atom. The minimum Gasteiger partial charge on any atom is -0.338 e. The molecular weight excluding hydrogens is 330 g/mol. The first-order chi connectivity index (χ1) is 12.6. The number of urea groups is 1. The van der Waals surface area contributed by atoms with Crippen LogP contribution in [0.25, 0.3) is 0 Å². The van der Waals surface area contributed by atoms with E-state index in [1.165, 1.54) is 4.90 Å². The fourth-order valence-electron chi connectivity index (χ4n) is 4.53. The number of carbonyl (C=O) groups excluding carboxylic acids is 3. The summed E-state index contributed by atoms with van der Waals surface area (Å²) in [5, 5.41) is 2.94. The molecule has 1 saturated carbocycles. The molecule has 1 atom stereocenters. The highest BCUT2D eigenvalue weighted by molar-refractivity contribution is 6.07. The molecule has 4 rings (SSSR count). The lowest BCUT2D eigenvalue weighted by Gasteiger charge is -2.30. The Labute approximate surface area is 153 Å².